The normalized spacial score (nSPS) is 16.6. The van der Waals surface area contributed by atoms with E-state index in [1.165, 1.54) is 11.1 Å². The number of nitrogens with one attached hydrogen (secondary N) is 5. The van der Waals surface area contributed by atoms with Crippen molar-refractivity contribution >= 4 is 87.8 Å². The number of aliphatic hydroxyl groups excluding tert-OH is 1. The van der Waals surface area contributed by atoms with E-state index >= 15 is 0 Å². The first kappa shape index (κ1) is 55.7. The van der Waals surface area contributed by atoms with Crippen molar-refractivity contribution in [1.82, 2.24) is 35.8 Å². The third-order valence-corrected chi connectivity index (χ3v) is 16.2. The topological polar surface area (TPSA) is 220 Å². The number of halogens is 1. The summed E-state index contributed by atoms with van der Waals surface area (Å²) in [7, 11) is -0.972. The Labute approximate surface area is 443 Å². The lowest BCUT2D eigenvalue weighted by atomic mass is 9.85. The third-order valence-electron chi connectivity index (χ3n) is 13.4. The van der Waals surface area contributed by atoms with Crippen LogP contribution in [0.3, 0.4) is 0 Å². The van der Waals surface area contributed by atoms with Crippen molar-refractivity contribution in [2.45, 2.75) is 116 Å². The van der Waals surface area contributed by atoms with Crippen molar-refractivity contribution < 1.29 is 33.6 Å². The van der Waals surface area contributed by atoms with Gasteiger partial charge in [0.2, 0.25) is 29.6 Å². The molecule has 2 fully saturated rings. The van der Waals surface area contributed by atoms with Gasteiger partial charge in [0.15, 0.2) is 5.82 Å². The number of amides is 4. The molecule has 3 atom stereocenters. The van der Waals surface area contributed by atoms with Crippen LogP contribution in [0, 0.1) is 12.3 Å². The Bertz CT molecular complexity index is 2810. The van der Waals surface area contributed by atoms with Crippen molar-refractivity contribution in [2.75, 3.05) is 55.6 Å². The average Bonchev–Trinajstić information content (AvgIpc) is 3.99. The molecule has 5 aromatic rings. The molecule has 0 radical (unpaired) electrons. The molecule has 4 heterocycles. The number of hydrogen-bond donors (Lipinski definition) is 6. The van der Waals surface area contributed by atoms with Crippen LogP contribution < -0.4 is 41.5 Å². The summed E-state index contributed by atoms with van der Waals surface area (Å²) in [5.41, 5.74) is 6.39. The van der Waals surface area contributed by atoms with Crippen LogP contribution in [-0.4, -0.2) is 113 Å². The van der Waals surface area contributed by atoms with Crippen LogP contribution in [0.25, 0.3) is 10.4 Å². The van der Waals surface area contributed by atoms with Crippen molar-refractivity contribution in [3.05, 3.63) is 94.7 Å². The number of aliphatic hydroxyl groups is 1. The number of carbonyl (C=O) groups is 4. The van der Waals surface area contributed by atoms with Gasteiger partial charge in [-0.3, -0.25) is 19.2 Å². The zero-order valence-corrected chi connectivity index (χ0v) is 45.8. The van der Waals surface area contributed by atoms with Gasteiger partial charge in [0.05, 0.1) is 46.9 Å². The number of β-amino-alcohol motifs (C(OH)–C–C–N with tert-alkyl or cyclic N) is 1. The summed E-state index contributed by atoms with van der Waals surface area (Å²) in [6, 6.07) is 19.5. The number of hydrogen-bond acceptors (Lipinski definition) is 14. The fraction of sp³-hybridized carbons (Fsp3) is 0.463. The minimum Gasteiger partial charge on any atom is -0.494 e. The molecular formula is C54H70ClN10O7PS. The van der Waals surface area contributed by atoms with Gasteiger partial charge in [-0.25, -0.2) is 9.97 Å². The number of nitrogens with zero attached hydrogens (tertiary/aromatic N) is 5. The molecule has 17 nitrogen and oxygen atoms in total. The van der Waals surface area contributed by atoms with Crippen LogP contribution in [0.2, 0.25) is 5.02 Å². The van der Waals surface area contributed by atoms with E-state index in [2.05, 4.69) is 46.4 Å². The molecule has 7 rings (SSSR count). The van der Waals surface area contributed by atoms with E-state index in [1.807, 2.05) is 99.9 Å². The van der Waals surface area contributed by atoms with Crippen molar-refractivity contribution in [2.24, 2.45) is 5.41 Å². The van der Waals surface area contributed by atoms with Crippen LogP contribution in [-0.2, 0) is 30.3 Å². The van der Waals surface area contributed by atoms with Crippen molar-refractivity contribution in [3.8, 4) is 16.2 Å². The monoisotopic (exact) mass is 1070 g/mol. The van der Waals surface area contributed by atoms with E-state index in [0.29, 0.717) is 58.5 Å². The number of thiazole rings is 1. The number of benzene rings is 3. The molecule has 2 aliphatic rings. The van der Waals surface area contributed by atoms with E-state index in [9.17, 15) is 28.8 Å². The highest BCUT2D eigenvalue weighted by Gasteiger charge is 2.44. The number of rotatable bonds is 21. The van der Waals surface area contributed by atoms with Gasteiger partial charge in [-0.2, -0.15) is 4.98 Å². The minimum atomic E-state index is -2.58. The Hall–Kier alpha value is -6.07. The van der Waals surface area contributed by atoms with Gasteiger partial charge in [0, 0.05) is 68.5 Å². The number of carbonyl (C=O) groups excluding carboxylic acids is 4. The smallest absolute Gasteiger partial charge is 0.246 e. The fourth-order valence-electron chi connectivity index (χ4n) is 9.31. The SMILES string of the molecule is COc1cc(N2CCC(NC(=O)CCCCCCC(=O)NC(C(=O)N3C[C@H](O)C[C@H]3C(=O)NCc3ccc(-c4scnc4C)cc3)C(C)(C)C)CC2)ccc1Nc1ncc(Cl)c(Nc2ccccc2P(C)(C)=O)n1. The maximum absolute atomic E-state index is 14.1. The molecule has 0 bridgehead atoms. The zero-order valence-electron chi connectivity index (χ0n) is 43.4. The van der Waals surface area contributed by atoms with Gasteiger partial charge in [-0.05, 0) is 86.7 Å². The van der Waals surface area contributed by atoms with Gasteiger partial charge in [0.25, 0.3) is 0 Å². The number of piperidine rings is 1. The van der Waals surface area contributed by atoms with Gasteiger partial charge in [0.1, 0.15) is 30.0 Å². The lowest BCUT2D eigenvalue weighted by Crippen LogP contribution is -2.57. The zero-order chi connectivity index (χ0) is 53.2. The Balaban J connectivity index is 0.802. The predicted molar refractivity (Wildman–Crippen MR) is 295 cm³/mol. The van der Waals surface area contributed by atoms with E-state index in [4.69, 9.17) is 16.3 Å². The van der Waals surface area contributed by atoms with Crippen molar-refractivity contribution in [1.29, 1.82) is 0 Å². The molecule has 0 spiro atoms. The summed E-state index contributed by atoms with van der Waals surface area (Å²) < 4.78 is 18.7. The minimum absolute atomic E-state index is 0.00532. The first-order valence-corrected chi connectivity index (χ1v) is 29.1. The number of anilines is 5. The van der Waals surface area contributed by atoms with Crippen LogP contribution in [0.1, 0.15) is 89.8 Å². The largest absolute Gasteiger partial charge is 0.494 e. The second-order valence-electron chi connectivity index (χ2n) is 20.6. The summed E-state index contributed by atoms with van der Waals surface area (Å²) in [6.45, 7) is 12.8. The molecule has 6 N–H and O–H groups in total. The van der Waals surface area contributed by atoms with Crippen molar-refractivity contribution in [3.63, 3.8) is 0 Å². The van der Waals surface area contributed by atoms with Crippen LogP contribution in [0.5, 0.6) is 5.75 Å². The van der Waals surface area contributed by atoms with Crippen LogP contribution in [0.15, 0.2) is 78.4 Å². The van der Waals surface area contributed by atoms with E-state index in [-0.39, 0.29) is 49.7 Å². The first-order valence-electron chi connectivity index (χ1n) is 25.3. The quantitative estimate of drug-likeness (QED) is 0.0300. The number of para-hydroxylation sites is 1. The fourth-order valence-corrected chi connectivity index (χ4v) is 11.4. The summed E-state index contributed by atoms with van der Waals surface area (Å²) in [4.78, 5) is 71.8. The standard InChI is InChI=1S/C54H70ClN10O7PS/c1-34-48(74-33-58-34)36-20-18-35(19-21-36)30-56-51(69)43-29-39(66)32-65(43)52(70)49(54(2,3)4)62-47(68)17-11-9-8-10-16-46(67)59-37-24-26-64(27-25-37)38-22-23-41(44(28-38)72-5)61-53-57-31-40(55)50(63-53)60-42-14-12-13-15-45(42)73(6,7)71/h12-15,18-23,28,31,33,37,39,43,49,66H,8-11,16-17,24-27,29-30,32H2,1-7H3,(H,56,69)(H,59,67)(H,62,68)(H2,57,60,61,63)/t39-,43+,49?/m1/s1. The maximum Gasteiger partial charge on any atom is 0.246 e. The molecule has 74 heavy (non-hydrogen) atoms. The summed E-state index contributed by atoms with van der Waals surface area (Å²) in [6.07, 6.45) is 5.79. The predicted octanol–water partition coefficient (Wildman–Crippen LogP) is 8.54. The Morgan fingerprint density at radius 3 is 2.28 bits per heavy atom. The van der Waals surface area contributed by atoms with Gasteiger partial charge in [-0.1, -0.05) is 81.6 Å². The average molecular weight is 1070 g/mol. The van der Waals surface area contributed by atoms with E-state index in [0.717, 1.165) is 66.2 Å². The summed E-state index contributed by atoms with van der Waals surface area (Å²) >= 11 is 8.05. The molecule has 20 heteroatoms. The highest BCUT2D eigenvalue weighted by molar-refractivity contribution is 7.70. The molecule has 2 saturated heterocycles. The number of aryl methyl sites for hydroxylation is 1. The first-order chi connectivity index (χ1) is 35.3. The van der Waals surface area contributed by atoms with Crippen LogP contribution in [0.4, 0.5) is 28.8 Å². The lowest BCUT2D eigenvalue weighted by molar-refractivity contribution is -0.144. The molecule has 2 aliphatic heterocycles. The molecule has 4 amide bonds. The number of unbranched alkanes of at least 4 members (excludes halogenated alkanes) is 3. The second kappa shape index (κ2) is 25.0. The highest BCUT2D eigenvalue weighted by atomic mass is 35.5. The van der Waals surface area contributed by atoms with Crippen LogP contribution >= 0.6 is 30.1 Å². The second-order valence-corrected chi connectivity index (χ2v) is 25.0. The Morgan fingerprint density at radius 1 is 0.919 bits per heavy atom. The van der Waals surface area contributed by atoms with E-state index < -0.39 is 36.7 Å². The Kier molecular flexibility index (Phi) is 18.8. The molecule has 396 valence electrons. The molecule has 0 saturated carbocycles. The number of ether oxygens (including phenoxy) is 1. The molecular weight excluding hydrogens is 999 g/mol. The molecule has 3 aromatic carbocycles. The molecule has 0 aliphatic carbocycles. The number of aromatic nitrogens is 3. The highest BCUT2D eigenvalue weighted by Crippen LogP contribution is 2.39. The third kappa shape index (κ3) is 14.8. The molecule has 2 aromatic heterocycles. The van der Waals surface area contributed by atoms with Gasteiger partial charge < -0.3 is 50.8 Å². The summed E-state index contributed by atoms with van der Waals surface area (Å²) in [5.74, 6) is 0.281. The van der Waals surface area contributed by atoms with Gasteiger partial charge in [-0.15, -0.1) is 11.3 Å². The van der Waals surface area contributed by atoms with Gasteiger partial charge >= 0.3 is 0 Å². The lowest BCUT2D eigenvalue weighted by Gasteiger charge is -2.35. The summed E-state index contributed by atoms with van der Waals surface area (Å²) in [5, 5.41) is 27.2. The van der Waals surface area contributed by atoms with E-state index in [1.54, 1.807) is 31.8 Å². The number of methoxy groups -OCH3 is 1. The molecule has 1 unspecified atom stereocenters. The maximum atomic E-state index is 14.1. The number of likely N-dealkylation sites (tertiary alicyclic amines) is 1. The Morgan fingerprint density at radius 2 is 1.62 bits per heavy atom.